The summed E-state index contributed by atoms with van der Waals surface area (Å²) in [5, 5.41) is 0. The van der Waals surface area contributed by atoms with Gasteiger partial charge in [-0.15, -0.1) is 0 Å². The summed E-state index contributed by atoms with van der Waals surface area (Å²) in [6.07, 6.45) is 25.4. The third-order valence-corrected chi connectivity index (χ3v) is 8.52. The van der Waals surface area contributed by atoms with Crippen LogP contribution in [0.15, 0.2) is 59.3 Å². The zero-order valence-corrected chi connectivity index (χ0v) is 25.5. The van der Waals surface area contributed by atoms with Gasteiger partial charge in [0.25, 0.3) is 0 Å². The summed E-state index contributed by atoms with van der Waals surface area (Å²) in [4.78, 5) is 0. The predicted molar refractivity (Wildman–Crippen MR) is 162 cm³/mol. The molecule has 2 aliphatic rings. The first-order valence-corrected chi connectivity index (χ1v) is 15.1. The van der Waals surface area contributed by atoms with Crippen LogP contribution in [0.5, 0.6) is 0 Å². The lowest BCUT2D eigenvalue weighted by atomic mass is 9.74. The van der Waals surface area contributed by atoms with Crippen molar-refractivity contribution in [3.63, 3.8) is 0 Å². The Morgan fingerprint density at radius 1 is 1.25 bits per heavy atom. The molecule has 0 nitrogen and oxygen atoms in total. The highest BCUT2D eigenvalue weighted by Gasteiger charge is 2.31. The molecule has 0 radical (unpaired) electrons. The van der Waals surface area contributed by atoms with Crippen molar-refractivity contribution in [3.05, 3.63) is 59.3 Å². The standard InChI is InChI=1S/C30H46I2/c1-7-8-13-25-16-12-17-26(20-25)27(19-18-24-14-10-9-11-15-24)21-28(30(6,31)32)29(22(2)3)23(4)5/h10,12,14,16,20,23-24,26-27H,2,7-9,11,13,15,17-19,21H2,1,3-6H3/b29-28+/t24?,26-,27-/m1/s1. The van der Waals surface area contributed by atoms with Gasteiger partial charge in [0.05, 0.1) is 1.43 Å². The van der Waals surface area contributed by atoms with Gasteiger partial charge in [-0.25, -0.2) is 0 Å². The first kappa shape index (κ1) is 28.4. The molecule has 32 heavy (non-hydrogen) atoms. The van der Waals surface area contributed by atoms with Crippen molar-refractivity contribution < 1.29 is 0 Å². The number of hydrogen-bond acceptors (Lipinski definition) is 0. The molecule has 0 heterocycles. The molecule has 0 amide bonds. The van der Waals surface area contributed by atoms with Crippen molar-refractivity contribution in [2.75, 3.05) is 0 Å². The van der Waals surface area contributed by atoms with Crippen LogP contribution < -0.4 is 0 Å². The molecule has 0 saturated carbocycles. The van der Waals surface area contributed by atoms with Crippen molar-refractivity contribution in [1.29, 1.82) is 0 Å². The van der Waals surface area contributed by atoms with Crippen molar-refractivity contribution in [3.8, 4) is 0 Å². The Kier molecular flexibility index (Phi) is 12.3. The van der Waals surface area contributed by atoms with E-state index in [2.05, 4.69) is 117 Å². The summed E-state index contributed by atoms with van der Waals surface area (Å²) in [5.41, 5.74) is 5.97. The highest BCUT2D eigenvalue weighted by Crippen LogP contribution is 2.46. The van der Waals surface area contributed by atoms with Gasteiger partial charge in [-0.2, -0.15) is 0 Å². The fourth-order valence-electron chi connectivity index (χ4n) is 5.56. The molecule has 0 N–H and O–H groups in total. The molecule has 2 rings (SSSR count). The second-order valence-corrected chi connectivity index (χ2v) is 16.9. The highest BCUT2D eigenvalue weighted by molar-refractivity contribution is 14.2. The highest BCUT2D eigenvalue weighted by atomic mass is 127. The van der Waals surface area contributed by atoms with Gasteiger partial charge in [0.2, 0.25) is 0 Å². The zero-order valence-electron chi connectivity index (χ0n) is 21.2. The van der Waals surface area contributed by atoms with E-state index in [1.54, 1.807) is 11.1 Å². The van der Waals surface area contributed by atoms with Gasteiger partial charge in [0.1, 0.15) is 0 Å². The van der Waals surface area contributed by atoms with Gasteiger partial charge in [-0.05, 0) is 106 Å². The van der Waals surface area contributed by atoms with Gasteiger partial charge in [0.15, 0.2) is 0 Å². The fourth-order valence-corrected chi connectivity index (χ4v) is 6.58. The maximum atomic E-state index is 4.40. The van der Waals surface area contributed by atoms with Crippen LogP contribution in [0, 0.1) is 23.7 Å². The topological polar surface area (TPSA) is 0 Å². The van der Waals surface area contributed by atoms with E-state index in [9.17, 15) is 0 Å². The summed E-state index contributed by atoms with van der Waals surface area (Å²) >= 11 is 5.33. The molecule has 0 aromatic rings. The van der Waals surface area contributed by atoms with Crippen LogP contribution >= 0.6 is 45.2 Å². The minimum Gasteiger partial charge on any atom is -0.0958 e. The number of hydrogen-bond donors (Lipinski definition) is 0. The minimum absolute atomic E-state index is 0.121. The molecule has 0 saturated heterocycles. The quantitative estimate of drug-likeness (QED) is 0.0846. The van der Waals surface area contributed by atoms with Gasteiger partial charge in [0, 0.05) is 0 Å². The molecular weight excluding hydrogens is 614 g/mol. The van der Waals surface area contributed by atoms with Gasteiger partial charge in [-0.1, -0.05) is 120 Å². The van der Waals surface area contributed by atoms with E-state index in [-0.39, 0.29) is 1.43 Å². The maximum Gasteiger partial charge on any atom is 0.0920 e. The smallest absolute Gasteiger partial charge is 0.0920 e. The van der Waals surface area contributed by atoms with Crippen LogP contribution in [0.1, 0.15) is 98.8 Å². The summed E-state index contributed by atoms with van der Waals surface area (Å²) in [7, 11) is 0. The van der Waals surface area contributed by atoms with E-state index in [1.807, 2.05) is 0 Å². The number of halogens is 2. The lowest BCUT2D eigenvalue weighted by Crippen LogP contribution is -2.23. The normalized spacial score (nSPS) is 23.2. The molecule has 0 bridgehead atoms. The lowest BCUT2D eigenvalue weighted by Gasteiger charge is -2.34. The number of allylic oxidation sites excluding steroid dienone is 9. The molecular formula is C30H46I2. The van der Waals surface area contributed by atoms with Crippen LogP contribution in [-0.2, 0) is 0 Å². The molecule has 2 heteroatoms. The van der Waals surface area contributed by atoms with Crippen molar-refractivity contribution in [1.82, 2.24) is 0 Å². The van der Waals surface area contributed by atoms with E-state index in [1.165, 1.54) is 75.4 Å². The Hall–Kier alpha value is 0.160. The third-order valence-electron chi connectivity index (χ3n) is 7.21. The van der Waals surface area contributed by atoms with Crippen LogP contribution in [0.3, 0.4) is 0 Å². The summed E-state index contributed by atoms with van der Waals surface area (Å²) in [5.74, 6) is 2.69. The maximum absolute atomic E-state index is 4.40. The average molecular weight is 661 g/mol. The zero-order chi connectivity index (χ0) is 23.7. The average Bonchev–Trinajstić information content (AvgIpc) is 2.74. The Bertz CT molecular complexity index is 726. The Morgan fingerprint density at radius 3 is 2.56 bits per heavy atom. The summed E-state index contributed by atoms with van der Waals surface area (Å²) in [6, 6.07) is 0. The second kappa shape index (κ2) is 13.9. The van der Waals surface area contributed by atoms with Crippen LogP contribution in [0.4, 0.5) is 0 Å². The van der Waals surface area contributed by atoms with E-state index < -0.39 is 0 Å². The Morgan fingerprint density at radius 2 is 2.00 bits per heavy atom. The lowest BCUT2D eigenvalue weighted by molar-refractivity contribution is 0.327. The van der Waals surface area contributed by atoms with E-state index in [0.29, 0.717) is 17.8 Å². The first-order valence-electron chi connectivity index (χ1n) is 12.9. The largest absolute Gasteiger partial charge is 0.0958 e. The fraction of sp³-hybridized carbons (Fsp3) is 0.667. The van der Waals surface area contributed by atoms with E-state index in [0.717, 1.165) is 5.92 Å². The van der Waals surface area contributed by atoms with Crippen LogP contribution in [0.2, 0.25) is 0 Å². The third kappa shape index (κ3) is 9.07. The molecule has 1 unspecified atom stereocenters. The van der Waals surface area contributed by atoms with Gasteiger partial charge < -0.3 is 0 Å². The molecule has 180 valence electrons. The summed E-state index contributed by atoms with van der Waals surface area (Å²) < 4.78 is 0.121. The van der Waals surface area contributed by atoms with E-state index in [4.69, 9.17) is 0 Å². The number of unbranched alkanes of at least 4 members (excludes halogenated alkanes) is 1. The molecule has 0 aliphatic heterocycles. The minimum atomic E-state index is 0.121. The monoisotopic (exact) mass is 660 g/mol. The molecule has 0 spiro atoms. The Labute approximate surface area is 226 Å². The van der Waals surface area contributed by atoms with Crippen molar-refractivity contribution in [2.45, 2.75) is 100 Å². The second-order valence-electron chi connectivity index (χ2n) is 10.5. The molecule has 0 aromatic carbocycles. The van der Waals surface area contributed by atoms with Gasteiger partial charge in [-0.3, -0.25) is 0 Å². The molecule has 2 aliphatic carbocycles. The predicted octanol–water partition coefficient (Wildman–Crippen LogP) is 10.9. The first-order chi connectivity index (χ1) is 15.1. The van der Waals surface area contributed by atoms with Crippen LogP contribution in [-0.4, -0.2) is 1.43 Å². The SMILES string of the molecule is C=C(C)/C(=C(/C[C@@H](CCC1C=CCCC1)[C@H]1C=C(CCCC)C=CC1)C(C)(I)I)C(C)C. The van der Waals surface area contributed by atoms with Gasteiger partial charge >= 0.3 is 0 Å². The molecule has 0 aromatic heterocycles. The number of alkyl halides is 2. The van der Waals surface area contributed by atoms with Crippen molar-refractivity contribution >= 4 is 45.2 Å². The van der Waals surface area contributed by atoms with E-state index >= 15 is 0 Å². The van der Waals surface area contributed by atoms with Crippen molar-refractivity contribution in [2.24, 2.45) is 23.7 Å². The van der Waals surface area contributed by atoms with Crippen LogP contribution in [0.25, 0.3) is 0 Å². The molecule has 3 atom stereocenters. The molecule has 0 fully saturated rings. The number of rotatable bonds is 12. The Balaban J connectivity index is 2.35. The summed E-state index contributed by atoms with van der Waals surface area (Å²) in [6.45, 7) is 16.0.